The lowest BCUT2D eigenvalue weighted by Gasteiger charge is -2.31. The molecule has 0 aromatic carbocycles. The summed E-state index contributed by atoms with van der Waals surface area (Å²) in [5, 5.41) is 9.45. The van der Waals surface area contributed by atoms with Gasteiger partial charge in [-0.3, -0.25) is 0 Å². The predicted octanol–water partition coefficient (Wildman–Crippen LogP) is 7.69. The maximum Gasteiger partial charge on any atom is 0.217 e. The van der Waals surface area contributed by atoms with Gasteiger partial charge in [0.1, 0.15) is 10.3 Å². The first-order chi connectivity index (χ1) is 16.0. The zero-order valence-electron chi connectivity index (χ0n) is 18.8. The molecule has 3 heterocycles. The number of nitrogens with zero attached hydrogens (tertiary/aromatic N) is 5. The molecule has 1 saturated carbocycles. The van der Waals surface area contributed by atoms with Crippen LogP contribution in [0.15, 0.2) is 36.7 Å². The van der Waals surface area contributed by atoms with Crippen molar-refractivity contribution in [1.82, 2.24) is 9.97 Å². The number of piperidine rings is 1. The molecule has 0 bridgehead atoms. The first-order valence-electron chi connectivity index (χ1n) is 11.4. The van der Waals surface area contributed by atoms with E-state index in [4.69, 9.17) is 35.0 Å². The second-order valence-corrected chi connectivity index (χ2v) is 10.3. The average Bonchev–Trinajstić information content (AvgIpc) is 2.84. The van der Waals surface area contributed by atoms with Crippen LogP contribution in [-0.2, 0) is 0 Å². The minimum atomic E-state index is 0.534. The van der Waals surface area contributed by atoms with Gasteiger partial charge in [0.2, 0.25) is 6.54 Å². The molecule has 2 aliphatic rings. The van der Waals surface area contributed by atoms with E-state index in [2.05, 4.69) is 48.4 Å². The number of hydrogen-bond donors (Lipinski definition) is 0. The van der Waals surface area contributed by atoms with Crippen molar-refractivity contribution in [3.8, 4) is 6.07 Å². The zero-order valence-corrected chi connectivity index (χ0v) is 22.4. The second-order valence-electron chi connectivity index (χ2n) is 8.28. The lowest BCUT2D eigenvalue weighted by molar-refractivity contribution is 0.364. The molecule has 1 aliphatic heterocycles. The zero-order chi connectivity index (χ0) is 23.9. The summed E-state index contributed by atoms with van der Waals surface area (Å²) in [6, 6.07) is 9.74. The second kappa shape index (κ2) is 16.1. The molecule has 2 aromatic heterocycles. The quantitative estimate of drug-likeness (QED) is 0.207. The van der Waals surface area contributed by atoms with Crippen molar-refractivity contribution in [1.29, 1.82) is 5.26 Å². The largest absolute Gasteiger partial charge is 0.370 e. The van der Waals surface area contributed by atoms with Crippen LogP contribution in [0.2, 0.25) is 10.3 Å². The number of rotatable bonds is 3. The Bertz CT molecular complexity index is 858. The van der Waals surface area contributed by atoms with E-state index in [1.165, 1.54) is 32.1 Å². The maximum atomic E-state index is 8.37. The fourth-order valence-corrected chi connectivity index (χ4v) is 4.48. The SMILES string of the molecule is Clc1ccc(I)cn1.N#CCC1CCCCC1.[C-]#[N+]CC1CCN(c2ccc(Cl)nc2)CC1. The Morgan fingerprint density at radius 1 is 0.970 bits per heavy atom. The highest BCUT2D eigenvalue weighted by Gasteiger charge is 2.21. The Morgan fingerprint density at radius 2 is 1.61 bits per heavy atom. The fraction of sp³-hybridized carbons (Fsp3) is 0.520. The molecule has 4 rings (SSSR count). The highest BCUT2D eigenvalue weighted by Crippen LogP contribution is 2.25. The van der Waals surface area contributed by atoms with E-state index in [1.54, 1.807) is 12.3 Å². The standard InChI is InChI=1S/C12H14ClN3.C8H13N.C5H3ClIN/c1-14-8-10-4-6-16(7-5-10)11-2-3-12(13)15-9-11;9-7-6-8-4-2-1-3-5-8;6-5-2-1-4(7)3-8-5/h2-3,9-10H,4-8H2;8H,1-6H2;1-3H. The summed E-state index contributed by atoms with van der Waals surface area (Å²) in [5.41, 5.74) is 1.13. The first kappa shape index (κ1) is 27.6. The highest BCUT2D eigenvalue weighted by molar-refractivity contribution is 14.1. The first-order valence-corrected chi connectivity index (χ1v) is 13.2. The van der Waals surface area contributed by atoms with E-state index in [0.717, 1.165) is 47.5 Å². The summed E-state index contributed by atoms with van der Waals surface area (Å²) in [4.78, 5) is 13.7. The van der Waals surface area contributed by atoms with Gasteiger partial charge in [-0.05, 0) is 78.5 Å². The molecule has 0 spiro atoms. The van der Waals surface area contributed by atoms with Crippen LogP contribution in [0.5, 0.6) is 0 Å². The van der Waals surface area contributed by atoms with Crippen LogP contribution in [0, 0.1) is 33.3 Å². The molecule has 2 fully saturated rings. The van der Waals surface area contributed by atoms with Crippen molar-refractivity contribution in [3.05, 3.63) is 62.0 Å². The Labute approximate surface area is 221 Å². The normalized spacial score (nSPS) is 16.3. The van der Waals surface area contributed by atoms with Crippen LogP contribution >= 0.6 is 45.8 Å². The van der Waals surface area contributed by atoms with Crippen LogP contribution in [0.4, 0.5) is 5.69 Å². The molecule has 1 saturated heterocycles. The molecule has 0 N–H and O–H groups in total. The maximum absolute atomic E-state index is 8.37. The summed E-state index contributed by atoms with van der Waals surface area (Å²) >= 11 is 13.4. The minimum Gasteiger partial charge on any atom is -0.370 e. The molecule has 0 unspecified atom stereocenters. The Kier molecular flexibility index (Phi) is 13.5. The van der Waals surface area contributed by atoms with Gasteiger partial charge in [0.15, 0.2) is 0 Å². The molecule has 5 nitrogen and oxygen atoms in total. The van der Waals surface area contributed by atoms with Crippen molar-refractivity contribution in [2.45, 2.75) is 51.4 Å². The van der Waals surface area contributed by atoms with Crippen LogP contribution < -0.4 is 4.90 Å². The summed E-state index contributed by atoms with van der Waals surface area (Å²) in [5.74, 6) is 1.32. The van der Waals surface area contributed by atoms with Crippen molar-refractivity contribution in [2.75, 3.05) is 24.5 Å². The monoisotopic (exact) mass is 597 g/mol. The Hall–Kier alpha value is -1.61. The van der Waals surface area contributed by atoms with E-state index in [-0.39, 0.29) is 0 Å². The van der Waals surface area contributed by atoms with Gasteiger partial charge in [0, 0.05) is 35.2 Å². The van der Waals surface area contributed by atoms with Gasteiger partial charge < -0.3 is 9.74 Å². The third-order valence-electron chi connectivity index (χ3n) is 5.84. The van der Waals surface area contributed by atoms with Crippen LogP contribution in [0.3, 0.4) is 0 Å². The van der Waals surface area contributed by atoms with Crippen LogP contribution in [0.25, 0.3) is 4.85 Å². The van der Waals surface area contributed by atoms with Gasteiger partial charge in [0.05, 0.1) is 18.0 Å². The number of hydrogen-bond acceptors (Lipinski definition) is 4. The van der Waals surface area contributed by atoms with Gasteiger partial charge in [-0.15, -0.1) is 0 Å². The van der Waals surface area contributed by atoms with E-state index >= 15 is 0 Å². The molecule has 1 aliphatic carbocycles. The molecule has 8 heteroatoms. The summed E-state index contributed by atoms with van der Waals surface area (Å²) in [6.07, 6.45) is 13.2. The third-order valence-corrected chi connectivity index (χ3v) is 6.92. The smallest absolute Gasteiger partial charge is 0.217 e. The number of aromatic nitrogens is 2. The minimum absolute atomic E-state index is 0.534. The average molecular weight is 598 g/mol. The van der Waals surface area contributed by atoms with Crippen LogP contribution in [0.1, 0.15) is 51.4 Å². The van der Waals surface area contributed by atoms with E-state index in [0.29, 0.717) is 22.8 Å². The van der Waals surface area contributed by atoms with Gasteiger partial charge in [-0.25, -0.2) is 16.5 Å². The topological polar surface area (TPSA) is 57.2 Å². The molecule has 0 amide bonds. The number of anilines is 1. The molecule has 33 heavy (non-hydrogen) atoms. The molecule has 176 valence electrons. The van der Waals surface area contributed by atoms with Crippen molar-refractivity contribution in [2.24, 2.45) is 11.8 Å². The highest BCUT2D eigenvalue weighted by atomic mass is 127. The Balaban J connectivity index is 0.000000192. The van der Waals surface area contributed by atoms with Crippen molar-refractivity contribution >= 4 is 51.5 Å². The van der Waals surface area contributed by atoms with Crippen molar-refractivity contribution in [3.63, 3.8) is 0 Å². The summed E-state index contributed by atoms with van der Waals surface area (Å²) < 4.78 is 1.10. The predicted molar refractivity (Wildman–Crippen MR) is 144 cm³/mol. The van der Waals surface area contributed by atoms with Crippen molar-refractivity contribution < 1.29 is 0 Å². The van der Waals surface area contributed by atoms with Gasteiger partial charge in [-0.1, -0.05) is 42.5 Å². The lowest BCUT2D eigenvalue weighted by Crippen LogP contribution is -2.34. The molecule has 2 aromatic rings. The summed E-state index contributed by atoms with van der Waals surface area (Å²) in [6.45, 7) is 9.57. The molecule has 0 atom stereocenters. The number of halogens is 3. The summed E-state index contributed by atoms with van der Waals surface area (Å²) in [7, 11) is 0. The van der Waals surface area contributed by atoms with Gasteiger partial charge in [0.25, 0.3) is 0 Å². The number of pyridine rings is 2. The van der Waals surface area contributed by atoms with E-state index < -0.39 is 0 Å². The Morgan fingerprint density at radius 3 is 2.09 bits per heavy atom. The van der Waals surface area contributed by atoms with E-state index in [1.807, 2.05) is 24.4 Å². The molecular formula is C25H30Cl2IN5. The fourth-order valence-electron chi connectivity index (χ4n) is 3.94. The van der Waals surface area contributed by atoms with Gasteiger partial charge in [-0.2, -0.15) is 5.26 Å². The molecule has 0 radical (unpaired) electrons. The van der Waals surface area contributed by atoms with Crippen LogP contribution in [-0.4, -0.2) is 29.6 Å². The number of nitriles is 1. The third kappa shape index (κ3) is 11.4. The lowest BCUT2D eigenvalue weighted by atomic mass is 9.87. The molecular weight excluding hydrogens is 568 g/mol. The van der Waals surface area contributed by atoms with Gasteiger partial charge >= 0.3 is 0 Å². The van der Waals surface area contributed by atoms with E-state index in [9.17, 15) is 0 Å².